The zero-order valence-corrected chi connectivity index (χ0v) is 9.36. The van der Waals surface area contributed by atoms with Crippen molar-refractivity contribution in [3.63, 3.8) is 0 Å². The Morgan fingerprint density at radius 3 is 2.57 bits per heavy atom. The molecule has 2 rings (SSSR count). The van der Waals surface area contributed by atoms with Crippen LogP contribution in [0.5, 0.6) is 0 Å². The molecule has 0 saturated carbocycles. The molecule has 4 heteroatoms. The number of fused-ring (bicyclic) bond motifs is 1. The van der Waals surface area contributed by atoms with Crippen molar-refractivity contribution in [1.29, 1.82) is 0 Å². The first-order chi connectivity index (χ1) is 5.75. The van der Waals surface area contributed by atoms with E-state index < -0.39 is 0 Å². The molecule has 0 spiro atoms. The van der Waals surface area contributed by atoms with Crippen molar-refractivity contribution in [1.82, 2.24) is 4.98 Å². The lowest BCUT2D eigenvalue weighted by molar-refractivity contribution is 1.39. The SMILES string of the molecule is Cc1ccc2cc(N)cnc2c1.Cl.Cl. The summed E-state index contributed by atoms with van der Waals surface area (Å²) in [6.45, 7) is 2.05. The van der Waals surface area contributed by atoms with Gasteiger partial charge in [0, 0.05) is 5.39 Å². The molecule has 0 saturated heterocycles. The number of nitrogen functional groups attached to an aromatic ring is 1. The smallest absolute Gasteiger partial charge is 0.0706 e. The number of anilines is 1. The lowest BCUT2D eigenvalue weighted by atomic mass is 10.1. The van der Waals surface area contributed by atoms with Crippen LogP contribution in [0.3, 0.4) is 0 Å². The zero-order chi connectivity index (χ0) is 8.55. The fourth-order valence-corrected chi connectivity index (χ4v) is 1.25. The Labute approximate surface area is 95.3 Å². The van der Waals surface area contributed by atoms with E-state index in [0.29, 0.717) is 5.69 Å². The van der Waals surface area contributed by atoms with Crippen molar-refractivity contribution in [2.75, 3.05) is 5.73 Å². The van der Waals surface area contributed by atoms with Crippen molar-refractivity contribution in [2.45, 2.75) is 6.92 Å². The van der Waals surface area contributed by atoms with Gasteiger partial charge in [-0.3, -0.25) is 4.98 Å². The number of aryl methyl sites for hydroxylation is 1. The standard InChI is InChI=1S/C10H10N2.2ClH/c1-7-2-3-8-5-9(11)6-12-10(8)4-7;;/h2-6H,11H2,1H3;2*1H. The Kier molecular flexibility index (Phi) is 4.68. The molecule has 0 fully saturated rings. The van der Waals surface area contributed by atoms with E-state index >= 15 is 0 Å². The van der Waals surface area contributed by atoms with Gasteiger partial charge in [-0.1, -0.05) is 12.1 Å². The summed E-state index contributed by atoms with van der Waals surface area (Å²) in [5, 5.41) is 1.10. The maximum Gasteiger partial charge on any atom is 0.0706 e. The molecule has 1 aromatic heterocycles. The van der Waals surface area contributed by atoms with Crippen LogP contribution < -0.4 is 5.73 Å². The van der Waals surface area contributed by atoms with Gasteiger partial charge in [0.25, 0.3) is 0 Å². The Morgan fingerprint density at radius 2 is 1.86 bits per heavy atom. The van der Waals surface area contributed by atoms with E-state index in [1.54, 1.807) is 6.20 Å². The molecule has 0 amide bonds. The van der Waals surface area contributed by atoms with Crippen LogP contribution in [-0.2, 0) is 0 Å². The zero-order valence-electron chi connectivity index (χ0n) is 7.73. The van der Waals surface area contributed by atoms with Gasteiger partial charge in [-0.05, 0) is 24.6 Å². The van der Waals surface area contributed by atoms with Crippen molar-refractivity contribution in [2.24, 2.45) is 0 Å². The highest BCUT2D eigenvalue weighted by Gasteiger charge is 1.94. The molecule has 0 aliphatic heterocycles. The normalized spacial score (nSPS) is 8.93. The van der Waals surface area contributed by atoms with Crippen LogP contribution in [0.4, 0.5) is 5.69 Å². The topological polar surface area (TPSA) is 38.9 Å². The maximum absolute atomic E-state index is 5.60. The van der Waals surface area contributed by atoms with E-state index in [-0.39, 0.29) is 24.8 Å². The minimum absolute atomic E-state index is 0. The lowest BCUT2D eigenvalue weighted by Gasteiger charge is -1.98. The molecule has 0 atom stereocenters. The molecule has 2 nitrogen and oxygen atoms in total. The Balaban J connectivity index is 0.000000845. The summed E-state index contributed by atoms with van der Waals surface area (Å²) < 4.78 is 0. The number of benzene rings is 1. The van der Waals surface area contributed by atoms with Crippen molar-refractivity contribution in [3.05, 3.63) is 36.0 Å². The third kappa shape index (κ3) is 2.50. The quantitative estimate of drug-likeness (QED) is 0.756. The minimum atomic E-state index is 0. The van der Waals surface area contributed by atoms with Crippen LogP contribution in [0.1, 0.15) is 5.56 Å². The highest BCUT2D eigenvalue weighted by molar-refractivity contribution is 5.85. The molecule has 14 heavy (non-hydrogen) atoms. The average Bonchev–Trinajstić information content (AvgIpc) is 2.05. The highest BCUT2D eigenvalue weighted by Crippen LogP contribution is 2.15. The van der Waals surface area contributed by atoms with E-state index in [1.807, 2.05) is 12.1 Å². The molecule has 0 bridgehead atoms. The number of pyridine rings is 1. The minimum Gasteiger partial charge on any atom is -0.397 e. The molecule has 0 aliphatic rings. The fraction of sp³-hybridized carbons (Fsp3) is 0.100. The van der Waals surface area contributed by atoms with Gasteiger partial charge >= 0.3 is 0 Å². The number of aromatic nitrogens is 1. The molecule has 0 unspecified atom stereocenters. The number of nitrogens with zero attached hydrogens (tertiary/aromatic N) is 1. The Morgan fingerprint density at radius 1 is 1.14 bits per heavy atom. The van der Waals surface area contributed by atoms with Gasteiger partial charge in [-0.2, -0.15) is 0 Å². The predicted octanol–water partition coefficient (Wildman–Crippen LogP) is 2.97. The predicted molar refractivity (Wildman–Crippen MR) is 65.4 cm³/mol. The molecule has 1 heterocycles. The fourth-order valence-electron chi connectivity index (χ4n) is 1.25. The van der Waals surface area contributed by atoms with E-state index in [1.165, 1.54) is 5.56 Å². The number of hydrogen-bond donors (Lipinski definition) is 1. The number of rotatable bonds is 0. The molecule has 1 aromatic carbocycles. The van der Waals surface area contributed by atoms with Crippen LogP contribution in [0.15, 0.2) is 30.5 Å². The van der Waals surface area contributed by atoms with Gasteiger partial charge < -0.3 is 5.73 Å². The second kappa shape index (κ2) is 5.03. The molecule has 0 radical (unpaired) electrons. The average molecular weight is 231 g/mol. The number of hydrogen-bond acceptors (Lipinski definition) is 2. The summed E-state index contributed by atoms with van der Waals surface area (Å²) in [6, 6.07) is 8.08. The summed E-state index contributed by atoms with van der Waals surface area (Å²) in [5.41, 5.74) is 8.54. The third-order valence-corrected chi connectivity index (χ3v) is 1.86. The van der Waals surface area contributed by atoms with Crippen molar-refractivity contribution < 1.29 is 0 Å². The van der Waals surface area contributed by atoms with Crippen LogP contribution in [0.2, 0.25) is 0 Å². The Hall–Kier alpha value is -0.990. The van der Waals surface area contributed by atoms with Crippen LogP contribution in [0, 0.1) is 6.92 Å². The molecule has 76 valence electrons. The molecule has 0 aliphatic carbocycles. The maximum atomic E-state index is 5.60. The monoisotopic (exact) mass is 230 g/mol. The molecular formula is C10H12Cl2N2. The first-order valence-electron chi connectivity index (χ1n) is 3.87. The summed E-state index contributed by atoms with van der Waals surface area (Å²) in [7, 11) is 0. The largest absolute Gasteiger partial charge is 0.397 e. The van der Waals surface area contributed by atoms with E-state index in [2.05, 4.69) is 24.0 Å². The van der Waals surface area contributed by atoms with E-state index in [9.17, 15) is 0 Å². The van der Waals surface area contributed by atoms with Crippen molar-refractivity contribution >= 4 is 41.4 Å². The third-order valence-electron chi connectivity index (χ3n) is 1.86. The molecule has 2 aromatic rings. The second-order valence-corrected chi connectivity index (χ2v) is 2.96. The van der Waals surface area contributed by atoms with Crippen LogP contribution >= 0.6 is 24.8 Å². The summed E-state index contributed by atoms with van der Waals surface area (Å²) in [6.07, 6.45) is 1.68. The lowest BCUT2D eigenvalue weighted by Crippen LogP contribution is -1.87. The van der Waals surface area contributed by atoms with Crippen LogP contribution in [0.25, 0.3) is 10.9 Å². The van der Waals surface area contributed by atoms with Gasteiger partial charge in [0.2, 0.25) is 0 Å². The van der Waals surface area contributed by atoms with Gasteiger partial charge in [0.15, 0.2) is 0 Å². The molecular weight excluding hydrogens is 219 g/mol. The highest BCUT2D eigenvalue weighted by atomic mass is 35.5. The first kappa shape index (κ1) is 13.0. The van der Waals surface area contributed by atoms with Gasteiger partial charge in [0.05, 0.1) is 17.4 Å². The van der Waals surface area contributed by atoms with E-state index in [0.717, 1.165) is 10.9 Å². The summed E-state index contributed by atoms with van der Waals surface area (Å²) >= 11 is 0. The van der Waals surface area contributed by atoms with Gasteiger partial charge in [0.1, 0.15) is 0 Å². The van der Waals surface area contributed by atoms with Crippen molar-refractivity contribution in [3.8, 4) is 0 Å². The summed E-state index contributed by atoms with van der Waals surface area (Å²) in [4.78, 5) is 4.22. The van der Waals surface area contributed by atoms with E-state index in [4.69, 9.17) is 5.73 Å². The number of nitrogens with two attached hydrogens (primary N) is 1. The molecule has 2 N–H and O–H groups in total. The Bertz CT molecular complexity index is 388. The van der Waals surface area contributed by atoms with Crippen LogP contribution in [-0.4, -0.2) is 4.98 Å². The van der Waals surface area contributed by atoms with Gasteiger partial charge in [-0.15, -0.1) is 24.8 Å². The first-order valence-corrected chi connectivity index (χ1v) is 3.87. The second-order valence-electron chi connectivity index (χ2n) is 2.96. The van der Waals surface area contributed by atoms with Gasteiger partial charge in [-0.25, -0.2) is 0 Å². The number of halogens is 2. The summed E-state index contributed by atoms with van der Waals surface area (Å²) in [5.74, 6) is 0.